The number of nitro groups is 1. The summed E-state index contributed by atoms with van der Waals surface area (Å²) in [5, 5.41) is 10.3. The molecule has 0 aliphatic rings. The zero-order valence-corrected chi connectivity index (χ0v) is 12.0. The van der Waals surface area contributed by atoms with E-state index in [1.165, 1.54) is 6.92 Å². The third kappa shape index (κ3) is 3.41. The maximum atomic E-state index is 10.7. The van der Waals surface area contributed by atoms with Crippen LogP contribution in [0.15, 0.2) is 17.0 Å². The fourth-order valence-corrected chi connectivity index (χ4v) is 2.02. The molecule has 1 aromatic rings. The number of nitro benzene ring substituents is 1. The maximum Gasteiger partial charge on any atom is 1.00 e. The number of non-ortho nitro benzene ring substituents is 1. The van der Waals surface area contributed by atoms with Crippen molar-refractivity contribution in [3.63, 3.8) is 0 Å². The van der Waals surface area contributed by atoms with Gasteiger partial charge in [-0.15, -0.1) is 0 Å². The first-order valence-electron chi connectivity index (χ1n) is 3.64. The minimum absolute atomic E-state index is 0. The minimum Gasteiger partial charge on any atom is -0.744 e. The zero-order valence-electron chi connectivity index (χ0n) is 8.43. The van der Waals surface area contributed by atoms with Crippen LogP contribution in [0, 0.1) is 17.0 Å². The second kappa shape index (κ2) is 5.44. The summed E-state index contributed by atoms with van der Waals surface area (Å²) < 4.78 is 32.2. The smallest absolute Gasteiger partial charge is 0.744 e. The quantitative estimate of drug-likeness (QED) is 0.281. The Morgan fingerprint density at radius 3 is 2.25 bits per heavy atom. The third-order valence-electron chi connectivity index (χ3n) is 1.76. The maximum absolute atomic E-state index is 10.7. The van der Waals surface area contributed by atoms with Crippen LogP contribution in [-0.2, 0) is 10.1 Å². The Kier molecular flexibility index (Phi) is 5.37. The number of benzene rings is 1. The SMILES string of the molecule is Cc1c(Cl)cc([N+](=O)[O-])cc1S(=O)(=O)[O-].[Na+]. The number of rotatable bonds is 2. The third-order valence-corrected chi connectivity index (χ3v) is 3.12. The van der Waals surface area contributed by atoms with Crippen LogP contribution >= 0.6 is 11.6 Å². The van der Waals surface area contributed by atoms with Crippen molar-refractivity contribution in [1.29, 1.82) is 0 Å². The summed E-state index contributed by atoms with van der Waals surface area (Å²) in [6, 6.07) is 1.69. The summed E-state index contributed by atoms with van der Waals surface area (Å²) in [5.74, 6) is 0. The second-order valence-electron chi connectivity index (χ2n) is 2.76. The van der Waals surface area contributed by atoms with E-state index in [0.717, 1.165) is 6.07 Å². The Balaban J connectivity index is 0.00000225. The first kappa shape index (κ1) is 15.8. The predicted molar refractivity (Wildman–Crippen MR) is 50.8 cm³/mol. The molecule has 0 heterocycles. The van der Waals surface area contributed by atoms with Crippen LogP contribution in [0.4, 0.5) is 5.69 Å². The molecule has 82 valence electrons. The number of hydrogen-bond acceptors (Lipinski definition) is 5. The molecule has 0 aliphatic carbocycles. The van der Waals surface area contributed by atoms with Crippen LogP contribution in [0.3, 0.4) is 0 Å². The van der Waals surface area contributed by atoms with Gasteiger partial charge in [0.1, 0.15) is 10.1 Å². The minimum atomic E-state index is -4.75. The summed E-state index contributed by atoms with van der Waals surface area (Å²) in [4.78, 5) is 8.91. The molecule has 1 aromatic carbocycles. The molecule has 0 aliphatic heterocycles. The molecule has 0 spiro atoms. The molecule has 0 bridgehead atoms. The molecule has 16 heavy (non-hydrogen) atoms. The number of nitrogens with zero attached hydrogens (tertiary/aromatic N) is 1. The van der Waals surface area contributed by atoms with Gasteiger partial charge in [-0.25, -0.2) is 8.42 Å². The molecule has 6 nitrogen and oxygen atoms in total. The first-order valence-corrected chi connectivity index (χ1v) is 5.42. The number of halogens is 1. The molecule has 0 radical (unpaired) electrons. The molecule has 0 saturated heterocycles. The van der Waals surface area contributed by atoms with E-state index in [9.17, 15) is 23.1 Å². The summed E-state index contributed by atoms with van der Waals surface area (Å²) >= 11 is 5.56. The molecule has 0 N–H and O–H groups in total. The summed E-state index contributed by atoms with van der Waals surface area (Å²) in [5.41, 5.74) is -0.516. The van der Waals surface area contributed by atoms with E-state index in [1.54, 1.807) is 0 Å². The van der Waals surface area contributed by atoms with Crippen LogP contribution in [0.1, 0.15) is 5.56 Å². The van der Waals surface area contributed by atoms with Gasteiger partial charge >= 0.3 is 29.6 Å². The normalized spacial score (nSPS) is 10.7. The van der Waals surface area contributed by atoms with E-state index >= 15 is 0 Å². The average molecular weight is 274 g/mol. The van der Waals surface area contributed by atoms with E-state index < -0.39 is 25.6 Å². The van der Waals surface area contributed by atoms with Crippen molar-refractivity contribution >= 4 is 27.4 Å². The Bertz CT molecular complexity index is 530. The van der Waals surface area contributed by atoms with Crippen molar-refractivity contribution in [2.24, 2.45) is 0 Å². The molecule has 1 rings (SSSR count). The van der Waals surface area contributed by atoms with Crippen LogP contribution < -0.4 is 29.6 Å². The monoisotopic (exact) mass is 273 g/mol. The molecule has 0 aromatic heterocycles. The summed E-state index contributed by atoms with van der Waals surface area (Å²) in [7, 11) is -4.75. The van der Waals surface area contributed by atoms with Gasteiger partial charge in [0, 0.05) is 12.1 Å². The fourth-order valence-electron chi connectivity index (χ4n) is 1.01. The molecule has 0 fully saturated rings. The van der Waals surface area contributed by atoms with E-state index in [-0.39, 0.29) is 40.1 Å². The van der Waals surface area contributed by atoms with Gasteiger partial charge < -0.3 is 4.55 Å². The standard InChI is InChI=1S/C7H6ClNO5S.Na/c1-4-6(8)2-5(9(10)11)3-7(4)15(12,13)14;/h2-3H,1H3,(H,12,13,14);/q;+1/p-1. The topological polar surface area (TPSA) is 100 Å². The Morgan fingerprint density at radius 1 is 1.38 bits per heavy atom. The van der Waals surface area contributed by atoms with Gasteiger partial charge in [-0.3, -0.25) is 10.1 Å². The van der Waals surface area contributed by atoms with Gasteiger partial charge in [-0.05, 0) is 12.5 Å². The molecule has 9 heteroatoms. The summed E-state index contributed by atoms with van der Waals surface area (Å²) in [6.07, 6.45) is 0. The van der Waals surface area contributed by atoms with Crippen molar-refractivity contribution in [3.05, 3.63) is 32.8 Å². The predicted octanol–water partition coefficient (Wildman–Crippen LogP) is -1.54. The van der Waals surface area contributed by atoms with Crippen LogP contribution in [-0.4, -0.2) is 17.9 Å². The van der Waals surface area contributed by atoms with Crippen molar-refractivity contribution in [2.45, 2.75) is 11.8 Å². The fraction of sp³-hybridized carbons (Fsp3) is 0.143. The van der Waals surface area contributed by atoms with Gasteiger partial charge in [0.05, 0.1) is 14.8 Å². The van der Waals surface area contributed by atoms with E-state index in [2.05, 4.69) is 0 Å². The molecular weight excluding hydrogens is 269 g/mol. The molecule has 0 atom stereocenters. The van der Waals surface area contributed by atoms with E-state index in [4.69, 9.17) is 11.6 Å². The first-order chi connectivity index (χ1) is 6.73. The largest absolute Gasteiger partial charge is 1.00 e. The van der Waals surface area contributed by atoms with Gasteiger partial charge in [-0.2, -0.15) is 0 Å². The molecule has 0 unspecified atom stereocenters. The zero-order chi connectivity index (χ0) is 11.8. The average Bonchev–Trinajstić information content (AvgIpc) is 2.06. The van der Waals surface area contributed by atoms with Gasteiger partial charge in [0.2, 0.25) is 0 Å². The molecule has 0 amide bonds. The second-order valence-corrected chi connectivity index (χ2v) is 4.52. The van der Waals surface area contributed by atoms with Crippen molar-refractivity contribution in [1.82, 2.24) is 0 Å². The number of hydrogen-bond donors (Lipinski definition) is 0. The van der Waals surface area contributed by atoms with Gasteiger partial charge in [0.15, 0.2) is 0 Å². The Labute approximate surface area is 119 Å². The van der Waals surface area contributed by atoms with Crippen LogP contribution in [0.5, 0.6) is 0 Å². The molecular formula is C7H5ClNNaO5S. The van der Waals surface area contributed by atoms with E-state index in [0.29, 0.717) is 6.07 Å². The Morgan fingerprint density at radius 2 is 1.88 bits per heavy atom. The van der Waals surface area contributed by atoms with Crippen molar-refractivity contribution in [3.8, 4) is 0 Å². The molecule has 0 saturated carbocycles. The van der Waals surface area contributed by atoms with Crippen LogP contribution in [0.2, 0.25) is 5.02 Å². The summed E-state index contributed by atoms with van der Waals surface area (Å²) in [6.45, 7) is 1.30. The van der Waals surface area contributed by atoms with Crippen molar-refractivity contribution < 1.29 is 47.5 Å². The van der Waals surface area contributed by atoms with Crippen molar-refractivity contribution in [2.75, 3.05) is 0 Å². The van der Waals surface area contributed by atoms with Gasteiger partial charge in [0.25, 0.3) is 5.69 Å². The van der Waals surface area contributed by atoms with E-state index in [1.807, 2.05) is 0 Å². The Hall–Kier alpha value is -0.180. The van der Waals surface area contributed by atoms with Crippen LogP contribution in [0.25, 0.3) is 0 Å². The van der Waals surface area contributed by atoms with Gasteiger partial charge in [-0.1, -0.05) is 11.6 Å².